The van der Waals surface area contributed by atoms with E-state index in [-0.39, 0.29) is 65.5 Å². The van der Waals surface area contributed by atoms with Crippen LogP contribution in [0, 0.1) is 0 Å². The molecule has 0 amide bonds. The quantitative estimate of drug-likeness (QED) is 0.159. The van der Waals surface area contributed by atoms with Gasteiger partial charge >= 0.3 is 29.2 Å². The predicted molar refractivity (Wildman–Crippen MR) is 97.2 cm³/mol. The molecular formula is C9H15N2Na2O14P3. The van der Waals surface area contributed by atoms with Gasteiger partial charge in [-0.25, -0.2) is 18.5 Å². The first-order valence-corrected chi connectivity index (χ1v) is 11.6. The third kappa shape index (κ3) is 9.87. The molecule has 6 N–H and O–H groups in total. The Morgan fingerprint density at radius 1 is 1.10 bits per heavy atom. The number of hydrogen-bond acceptors (Lipinski definition) is 10. The van der Waals surface area contributed by atoms with Gasteiger partial charge < -0.3 is 29.4 Å². The van der Waals surface area contributed by atoms with Crippen LogP contribution in [0.4, 0.5) is 0 Å². The molecule has 162 valence electrons. The predicted octanol–water partition coefficient (Wildman–Crippen LogP) is -2.23. The van der Waals surface area contributed by atoms with E-state index in [4.69, 9.17) is 19.4 Å². The molecule has 0 aromatic carbocycles. The van der Waals surface area contributed by atoms with Crippen LogP contribution < -0.4 is 11.2 Å². The first-order chi connectivity index (χ1) is 12.7. The van der Waals surface area contributed by atoms with Crippen LogP contribution in [0.1, 0.15) is 12.6 Å². The Morgan fingerprint density at radius 2 is 1.70 bits per heavy atom. The number of phosphoric ester groups is 1. The summed E-state index contributed by atoms with van der Waals surface area (Å²) in [4.78, 5) is 60.0. The number of ether oxygens (including phenoxy) is 1. The maximum atomic E-state index is 11.7. The van der Waals surface area contributed by atoms with Crippen LogP contribution in [0.2, 0.25) is 0 Å². The summed E-state index contributed by atoms with van der Waals surface area (Å²) < 4.78 is 51.0. The summed E-state index contributed by atoms with van der Waals surface area (Å²) in [5, 5.41) is 9.91. The third-order valence-electron chi connectivity index (χ3n) is 3.18. The van der Waals surface area contributed by atoms with E-state index in [9.17, 15) is 33.3 Å². The summed E-state index contributed by atoms with van der Waals surface area (Å²) in [7, 11) is -16.6. The number of hydrogen-bond donors (Lipinski definition) is 6. The molecule has 1 fully saturated rings. The minimum atomic E-state index is -5.67. The van der Waals surface area contributed by atoms with E-state index in [2.05, 4.69) is 13.1 Å². The average molecular weight is 514 g/mol. The fraction of sp³-hybridized carbons (Fsp3) is 0.556. The van der Waals surface area contributed by atoms with Crippen molar-refractivity contribution in [1.82, 2.24) is 9.55 Å². The topological polar surface area (TPSA) is 244 Å². The van der Waals surface area contributed by atoms with Gasteiger partial charge in [0.05, 0.1) is 12.7 Å². The minimum absolute atomic E-state index is 0. The van der Waals surface area contributed by atoms with Crippen molar-refractivity contribution < 1.29 is 56.3 Å². The molecule has 30 heavy (non-hydrogen) atoms. The Balaban J connectivity index is 0.00000420. The molecule has 2 radical (unpaired) electrons. The summed E-state index contributed by atoms with van der Waals surface area (Å²) in [6.07, 6.45) is -2.74. The number of aliphatic hydroxyl groups is 1. The van der Waals surface area contributed by atoms with Gasteiger partial charge in [0, 0.05) is 77.8 Å². The van der Waals surface area contributed by atoms with Gasteiger partial charge in [-0.2, -0.15) is 8.62 Å². The molecule has 2 unspecified atom stereocenters. The van der Waals surface area contributed by atoms with Crippen LogP contribution in [0.25, 0.3) is 0 Å². The molecule has 2 heterocycles. The van der Waals surface area contributed by atoms with E-state index < -0.39 is 59.8 Å². The standard InChI is InChI=1S/C9H15N2O14P3.2Na/c12-5-3-8(11-2-1-7(13)10-9(11)14)23-6(5)4-22-27(18,19)25-28(20,21)24-26(15,16)17;;/h1-2,5-6,8,12H,3-4H2,(H,18,19)(H,20,21)(H,10,13,14)(H2,15,16,17);;/t5-,6+,8+;;/m0../s1. The third-order valence-corrected chi connectivity index (χ3v) is 6.99. The van der Waals surface area contributed by atoms with E-state index >= 15 is 0 Å². The van der Waals surface area contributed by atoms with Crippen LogP contribution in [0.5, 0.6) is 0 Å². The van der Waals surface area contributed by atoms with Crippen LogP contribution >= 0.6 is 23.5 Å². The number of nitrogens with zero attached hydrogens (tertiary/aromatic N) is 1. The molecule has 5 atom stereocenters. The zero-order chi connectivity index (χ0) is 21.3. The van der Waals surface area contributed by atoms with Crippen LogP contribution in [-0.2, 0) is 31.6 Å². The molecule has 1 aromatic rings. The summed E-state index contributed by atoms with van der Waals surface area (Å²) >= 11 is 0. The molecule has 16 nitrogen and oxygen atoms in total. The monoisotopic (exact) mass is 514 g/mol. The van der Waals surface area contributed by atoms with E-state index in [0.29, 0.717) is 0 Å². The van der Waals surface area contributed by atoms with Crippen LogP contribution in [0.15, 0.2) is 21.9 Å². The second-order valence-electron chi connectivity index (χ2n) is 5.34. The Labute approximate surface area is 211 Å². The molecule has 2 rings (SSSR count). The molecule has 1 aliphatic rings. The Bertz CT molecular complexity index is 976. The normalized spacial score (nSPS) is 25.4. The Morgan fingerprint density at radius 3 is 2.23 bits per heavy atom. The number of rotatable bonds is 8. The number of aliphatic hydroxyl groups excluding tert-OH is 1. The zero-order valence-electron chi connectivity index (χ0n) is 15.5. The van der Waals surface area contributed by atoms with E-state index in [1.165, 1.54) is 0 Å². The van der Waals surface area contributed by atoms with Gasteiger partial charge in [-0.1, -0.05) is 0 Å². The SMILES string of the molecule is O=c1ccn([C@H]2C[C@H](O)[C@@H](COP(=O)(O)OP(=O)(O)OP(=O)(O)O)O2)c(=O)[nH]1.[Na].[Na]. The van der Waals surface area contributed by atoms with Crippen molar-refractivity contribution in [3.63, 3.8) is 0 Å². The maximum absolute atomic E-state index is 11.7. The number of phosphoric acid groups is 3. The summed E-state index contributed by atoms with van der Waals surface area (Å²) in [5.74, 6) is 0. The molecule has 21 heteroatoms. The van der Waals surface area contributed by atoms with E-state index in [0.717, 1.165) is 16.8 Å². The van der Waals surface area contributed by atoms with Gasteiger partial charge in [-0.15, -0.1) is 0 Å². The molecule has 0 aliphatic carbocycles. The van der Waals surface area contributed by atoms with Gasteiger partial charge in [0.15, 0.2) is 0 Å². The minimum Gasteiger partial charge on any atom is -0.390 e. The van der Waals surface area contributed by atoms with Gasteiger partial charge in [-0.3, -0.25) is 18.9 Å². The van der Waals surface area contributed by atoms with Gasteiger partial charge in [0.2, 0.25) is 0 Å². The molecule has 0 spiro atoms. The number of aromatic nitrogens is 2. The second-order valence-corrected chi connectivity index (χ2v) is 9.76. The molecular weight excluding hydrogens is 499 g/mol. The number of nitrogens with one attached hydrogen (secondary N) is 1. The molecule has 0 saturated carbocycles. The van der Waals surface area contributed by atoms with Gasteiger partial charge in [0.1, 0.15) is 12.3 Å². The second kappa shape index (κ2) is 11.9. The smallest absolute Gasteiger partial charge is 0.390 e. The zero-order valence-corrected chi connectivity index (χ0v) is 22.2. The molecule has 1 aliphatic heterocycles. The van der Waals surface area contributed by atoms with Crippen molar-refractivity contribution in [1.29, 1.82) is 0 Å². The first kappa shape index (κ1) is 31.0. The molecule has 1 saturated heterocycles. The number of H-pyrrole nitrogens is 1. The fourth-order valence-corrected chi connectivity index (χ4v) is 5.19. The Hall–Kier alpha value is 1.01. The van der Waals surface area contributed by atoms with Crippen LogP contribution in [0.3, 0.4) is 0 Å². The number of aromatic amines is 1. The Kier molecular flexibility index (Phi) is 12.3. The molecule has 1 aromatic heterocycles. The molecule has 0 bridgehead atoms. The van der Waals surface area contributed by atoms with Gasteiger partial charge in [-0.05, 0) is 0 Å². The largest absolute Gasteiger partial charge is 0.490 e. The fourth-order valence-electron chi connectivity index (χ4n) is 2.16. The summed E-state index contributed by atoms with van der Waals surface area (Å²) in [5.41, 5.74) is -1.50. The maximum Gasteiger partial charge on any atom is 0.490 e. The summed E-state index contributed by atoms with van der Waals surface area (Å²) in [6, 6.07) is 1.02. The summed E-state index contributed by atoms with van der Waals surface area (Å²) in [6.45, 7) is -0.876. The van der Waals surface area contributed by atoms with Crippen molar-refractivity contribution in [2.45, 2.75) is 24.9 Å². The van der Waals surface area contributed by atoms with Crippen molar-refractivity contribution in [2.24, 2.45) is 0 Å². The first-order valence-electron chi connectivity index (χ1n) is 7.11. The van der Waals surface area contributed by atoms with E-state index in [1.807, 2.05) is 4.98 Å². The van der Waals surface area contributed by atoms with Crippen molar-refractivity contribution >= 4 is 82.6 Å². The van der Waals surface area contributed by atoms with Crippen LogP contribution in [-0.4, -0.2) is 112 Å². The van der Waals surface area contributed by atoms with E-state index in [1.54, 1.807) is 0 Å². The average Bonchev–Trinajstić information content (AvgIpc) is 2.82. The van der Waals surface area contributed by atoms with Crippen molar-refractivity contribution in [3.05, 3.63) is 33.1 Å². The van der Waals surface area contributed by atoms with Crippen molar-refractivity contribution in [2.75, 3.05) is 6.61 Å². The van der Waals surface area contributed by atoms with Crippen molar-refractivity contribution in [3.8, 4) is 0 Å². The van der Waals surface area contributed by atoms with Gasteiger partial charge in [0.25, 0.3) is 5.56 Å².